The van der Waals surface area contributed by atoms with Crippen molar-refractivity contribution in [3.05, 3.63) is 71.8 Å². The maximum atomic E-state index is 11.0. The zero-order valence-electron chi connectivity index (χ0n) is 14.4. The van der Waals surface area contributed by atoms with Crippen LogP contribution in [0.2, 0.25) is 0 Å². The Morgan fingerprint density at radius 2 is 1.15 bits per heavy atom. The summed E-state index contributed by atoms with van der Waals surface area (Å²) in [6.45, 7) is -0.792. The van der Waals surface area contributed by atoms with E-state index in [1.165, 1.54) is 0 Å². The van der Waals surface area contributed by atoms with Crippen molar-refractivity contribution in [2.75, 3.05) is 6.61 Å². The summed E-state index contributed by atoms with van der Waals surface area (Å²) in [7, 11) is 0. The van der Waals surface area contributed by atoms with Crippen molar-refractivity contribution in [2.45, 2.75) is 42.9 Å². The van der Waals surface area contributed by atoms with Gasteiger partial charge in [-0.2, -0.15) is 0 Å². The summed E-state index contributed by atoms with van der Waals surface area (Å²) < 4.78 is 0. The molecule has 0 aliphatic heterocycles. The van der Waals surface area contributed by atoms with Gasteiger partial charge in [0.15, 0.2) is 0 Å². The molecule has 0 heterocycles. The molecule has 0 aromatic heterocycles. The fraction of sp³-hybridized carbons (Fsp3) is 0.400. The molecule has 0 bridgehead atoms. The Morgan fingerprint density at radius 3 is 1.65 bits per heavy atom. The van der Waals surface area contributed by atoms with Gasteiger partial charge in [0.2, 0.25) is 0 Å². The van der Waals surface area contributed by atoms with Gasteiger partial charge in [0.05, 0.1) is 12.7 Å². The molecule has 2 aromatic carbocycles. The first kappa shape index (κ1) is 20.5. The molecule has 0 saturated heterocycles. The van der Waals surface area contributed by atoms with Gasteiger partial charge in [-0.3, -0.25) is 0 Å². The average molecular weight is 362 g/mol. The Bertz CT molecular complexity index is 650. The van der Waals surface area contributed by atoms with E-state index in [-0.39, 0.29) is 12.8 Å². The third-order valence-corrected chi connectivity index (χ3v) is 4.56. The summed E-state index contributed by atoms with van der Waals surface area (Å²) in [6.07, 6.45) is -6.80. The van der Waals surface area contributed by atoms with Crippen LogP contribution in [0.4, 0.5) is 0 Å². The minimum Gasteiger partial charge on any atom is -0.394 e. The van der Waals surface area contributed by atoms with Crippen LogP contribution in [-0.4, -0.2) is 67.3 Å². The van der Waals surface area contributed by atoms with Gasteiger partial charge in [-0.15, -0.1) is 0 Å². The molecule has 0 fully saturated rings. The van der Waals surface area contributed by atoms with E-state index < -0.39 is 36.6 Å². The quantitative estimate of drug-likeness (QED) is 0.362. The van der Waals surface area contributed by atoms with Crippen LogP contribution in [0.5, 0.6) is 0 Å². The van der Waals surface area contributed by atoms with Crippen LogP contribution < -0.4 is 0 Å². The molecule has 26 heavy (non-hydrogen) atoms. The fourth-order valence-electron chi connectivity index (χ4n) is 3.04. The third-order valence-electron chi connectivity index (χ3n) is 4.56. The van der Waals surface area contributed by atoms with Crippen LogP contribution >= 0.6 is 0 Å². The molecule has 2 rings (SSSR count). The molecule has 142 valence electrons. The van der Waals surface area contributed by atoms with Gasteiger partial charge in [-0.25, -0.2) is 0 Å². The lowest BCUT2D eigenvalue weighted by molar-refractivity contribution is -0.203. The maximum absolute atomic E-state index is 11.0. The maximum Gasteiger partial charge on any atom is 0.125 e. The van der Waals surface area contributed by atoms with Crippen molar-refractivity contribution in [2.24, 2.45) is 0 Å². The molecule has 0 radical (unpaired) electrons. The van der Waals surface area contributed by atoms with Crippen LogP contribution in [0.15, 0.2) is 60.7 Å². The molecule has 2 aromatic rings. The van der Waals surface area contributed by atoms with Gasteiger partial charge < -0.3 is 30.6 Å². The highest BCUT2D eigenvalue weighted by Gasteiger charge is 2.48. The highest BCUT2D eigenvalue weighted by Crippen LogP contribution is 2.27. The minimum atomic E-state index is -2.25. The highest BCUT2D eigenvalue weighted by atomic mass is 16.4. The number of rotatable bonds is 9. The lowest BCUT2D eigenvalue weighted by Crippen LogP contribution is -2.62. The van der Waals surface area contributed by atoms with E-state index in [4.69, 9.17) is 5.11 Å². The monoisotopic (exact) mass is 362 g/mol. The number of aliphatic hydroxyl groups is 6. The predicted molar refractivity (Wildman–Crippen MR) is 96.4 cm³/mol. The first-order chi connectivity index (χ1) is 12.4. The lowest BCUT2D eigenvalue weighted by atomic mass is 9.78. The molecule has 0 amide bonds. The summed E-state index contributed by atoms with van der Waals surface area (Å²) in [5.41, 5.74) is -0.902. The van der Waals surface area contributed by atoms with E-state index in [0.29, 0.717) is 5.56 Å². The van der Waals surface area contributed by atoms with Gasteiger partial charge in [-0.1, -0.05) is 60.7 Å². The first-order valence-corrected chi connectivity index (χ1v) is 8.52. The van der Waals surface area contributed by atoms with E-state index in [2.05, 4.69) is 0 Å². The Hall–Kier alpha value is -1.80. The molecule has 0 spiro atoms. The van der Waals surface area contributed by atoms with Crippen molar-refractivity contribution in [3.63, 3.8) is 0 Å². The second-order valence-corrected chi connectivity index (χ2v) is 6.55. The van der Waals surface area contributed by atoms with E-state index in [0.717, 1.165) is 5.56 Å². The number of aliphatic hydroxyl groups excluding tert-OH is 5. The van der Waals surface area contributed by atoms with Crippen molar-refractivity contribution >= 4 is 0 Å². The van der Waals surface area contributed by atoms with E-state index in [1.54, 1.807) is 54.6 Å². The van der Waals surface area contributed by atoms with E-state index >= 15 is 0 Å². The van der Waals surface area contributed by atoms with Crippen LogP contribution in [-0.2, 0) is 12.8 Å². The second-order valence-electron chi connectivity index (χ2n) is 6.55. The largest absolute Gasteiger partial charge is 0.394 e. The van der Waals surface area contributed by atoms with Gasteiger partial charge in [-0.05, 0) is 11.1 Å². The highest BCUT2D eigenvalue weighted by molar-refractivity contribution is 5.21. The standard InChI is InChI=1S/C20H26O6/c21-13-17(23)19(25)20(26,12-15-9-5-2-6-10-15)18(24)16(22)11-14-7-3-1-4-8-14/h1-10,16-19,21-26H,11-13H2/t16?,17-,18+,19-,20-/m1/s1. The van der Waals surface area contributed by atoms with Crippen molar-refractivity contribution in [1.29, 1.82) is 0 Å². The molecular formula is C20H26O6. The zero-order chi connectivity index (χ0) is 19.2. The van der Waals surface area contributed by atoms with Crippen molar-refractivity contribution < 1.29 is 30.6 Å². The first-order valence-electron chi connectivity index (χ1n) is 8.52. The summed E-state index contributed by atoms with van der Waals surface area (Å²) in [4.78, 5) is 0. The summed E-state index contributed by atoms with van der Waals surface area (Å²) in [6, 6.07) is 17.6. The zero-order valence-corrected chi connectivity index (χ0v) is 14.4. The van der Waals surface area contributed by atoms with E-state index in [9.17, 15) is 25.5 Å². The summed E-state index contributed by atoms with van der Waals surface area (Å²) in [5, 5.41) is 61.3. The molecular weight excluding hydrogens is 336 g/mol. The SMILES string of the molecule is OC[C@@H](O)[C@@H](O)[C@@](O)(Cc1ccccc1)[C@@H](O)C(O)Cc1ccccc1. The molecule has 6 N–H and O–H groups in total. The lowest BCUT2D eigenvalue weighted by Gasteiger charge is -2.40. The molecule has 0 aliphatic rings. The smallest absolute Gasteiger partial charge is 0.125 e. The Kier molecular flexibility index (Phi) is 7.28. The van der Waals surface area contributed by atoms with Gasteiger partial charge in [0.1, 0.15) is 23.9 Å². The van der Waals surface area contributed by atoms with Crippen LogP contribution in [0.3, 0.4) is 0 Å². The van der Waals surface area contributed by atoms with Crippen LogP contribution in [0.1, 0.15) is 11.1 Å². The topological polar surface area (TPSA) is 121 Å². The normalized spacial score (nSPS) is 18.5. The number of hydrogen-bond acceptors (Lipinski definition) is 6. The Labute approximate surface area is 152 Å². The fourth-order valence-corrected chi connectivity index (χ4v) is 3.04. The van der Waals surface area contributed by atoms with E-state index in [1.807, 2.05) is 6.07 Å². The van der Waals surface area contributed by atoms with Crippen LogP contribution in [0, 0.1) is 0 Å². The number of hydrogen-bond donors (Lipinski definition) is 6. The van der Waals surface area contributed by atoms with Crippen molar-refractivity contribution in [3.8, 4) is 0 Å². The van der Waals surface area contributed by atoms with Crippen LogP contribution in [0.25, 0.3) is 0 Å². The minimum absolute atomic E-state index is 0.0566. The van der Waals surface area contributed by atoms with Gasteiger partial charge in [0, 0.05) is 12.8 Å². The molecule has 1 unspecified atom stereocenters. The Morgan fingerprint density at radius 1 is 0.692 bits per heavy atom. The average Bonchev–Trinajstić information content (AvgIpc) is 2.67. The number of benzene rings is 2. The molecule has 6 nitrogen and oxygen atoms in total. The summed E-state index contributed by atoms with van der Waals surface area (Å²) >= 11 is 0. The Balaban J connectivity index is 2.26. The second kappa shape index (κ2) is 9.23. The van der Waals surface area contributed by atoms with Gasteiger partial charge in [0.25, 0.3) is 0 Å². The molecule has 5 atom stereocenters. The van der Waals surface area contributed by atoms with Gasteiger partial charge >= 0.3 is 0 Å². The molecule has 0 saturated carbocycles. The summed E-state index contributed by atoms with van der Waals surface area (Å²) in [5.74, 6) is 0. The molecule has 0 aliphatic carbocycles. The third kappa shape index (κ3) is 4.88. The predicted octanol–water partition coefficient (Wildman–Crippen LogP) is -0.361. The molecule has 6 heteroatoms. The van der Waals surface area contributed by atoms with Crippen molar-refractivity contribution in [1.82, 2.24) is 0 Å².